The van der Waals surface area contributed by atoms with Gasteiger partial charge in [0.25, 0.3) is 0 Å². The summed E-state index contributed by atoms with van der Waals surface area (Å²) >= 11 is 0. The molecular weight excluding hydrogens is 208 g/mol. The highest BCUT2D eigenvalue weighted by atomic mass is 16.4. The molecule has 0 aromatic heterocycles. The number of carboxylic acid groups (broad SMARTS) is 2. The third-order valence-electron chi connectivity index (χ3n) is 2.14. The van der Waals surface area contributed by atoms with Gasteiger partial charge >= 0.3 is 11.9 Å². The average molecular weight is 226 g/mol. The molecule has 0 unspecified atom stereocenters. The van der Waals surface area contributed by atoms with Crippen molar-refractivity contribution in [2.24, 2.45) is 0 Å². The van der Waals surface area contributed by atoms with Crippen molar-refractivity contribution in [1.29, 1.82) is 0 Å². The SMILES string of the molecule is O=C(O)C#CCCCCCCCCC(=O)O. The maximum Gasteiger partial charge on any atom is 0.381 e. The molecule has 0 aromatic carbocycles. The zero-order valence-corrected chi connectivity index (χ0v) is 9.37. The first-order valence-corrected chi connectivity index (χ1v) is 5.56. The lowest BCUT2D eigenvalue weighted by Crippen LogP contribution is -1.93. The van der Waals surface area contributed by atoms with Crippen molar-refractivity contribution in [2.45, 2.75) is 51.4 Å². The smallest absolute Gasteiger partial charge is 0.381 e. The summed E-state index contributed by atoms with van der Waals surface area (Å²) in [7, 11) is 0. The fourth-order valence-corrected chi connectivity index (χ4v) is 1.33. The highest BCUT2D eigenvalue weighted by molar-refractivity contribution is 5.86. The van der Waals surface area contributed by atoms with Gasteiger partial charge in [0.1, 0.15) is 0 Å². The van der Waals surface area contributed by atoms with Crippen LogP contribution in [0.3, 0.4) is 0 Å². The summed E-state index contributed by atoms with van der Waals surface area (Å²) in [6, 6.07) is 0. The molecule has 0 heterocycles. The van der Waals surface area contributed by atoms with Crippen LogP contribution in [0.2, 0.25) is 0 Å². The van der Waals surface area contributed by atoms with Gasteiger partial charge in [-0.25, -0.2) is 4.79 Å². The van der Waals surface area contributed by atoms with Crippen molar-refractivity contribution in [2.75, 3.05) is 0 Å². The summed E-state index contributed by atoms with van der Waals surface area (Å²) < 4.78 is 0. The summed E-state index contributed by atoms with van der Waals surface area (Å²) in [5, 5.41) is 16.6. The number of carboxylic acids is 2. The number of hydrogen-bond donors (Lipinski definition) is 2. The lowest BCUT2D eigenvalue weighted by Gasteiger charge is -1.98. The molecule has 0 aromatic rings. The fraction of sp³-hybridized carbons (Fsp3) is 0.667. The number of aliphatic carboxylic acids is 2. The first-order valence-electron chi connectivity index (χ1n) is 5.56. The van der Waals surface area contributed by atoms with E-state index in [1.54, 1.807) is 0 Å². The predicted molar refractivity (Wildman–Crippen MR) is 60.0 cm³/mol. The van der Waals surface area contributed by atoms with Crippen LogP contribution >= 0.6 is 0 Å². The Bertz CT molecular complexity index is 272. The first kappa shape index (κ1) is 14.5. The molecule has 0 bridgehead atoms. The van der Waals surface area contributed by atoms with E-state index in [1.165, 1.54) is 0 Å². The van der Waals surface area contributed by atoms with Crippen LogP contribution in [0.1, 0.15) is 51.4 Å². The van der Waals surface area contributed by atoms with Crippen molar-refractivity contribution in [3.63, 3.8) is 0 Å². The highest BCUT2D eigenvalue weighted by Crippen LogP contribution is 2.08. The summed E-state index contributed by atoms with van der Waals surface area (Å²) in [6.45, 7) is 0. The first-order chi connectivity index (χ1) is 7.63. The standard InChI is InChI=1S/C12H18O4/c13-11(14)9-7-5-3-1-2-4-6-8-10-12(15)16/h1-7,9H2,(H,13,14)(H,15,16). The molecule has 90 valence electrons. The molecule has 0 atom stereocenters. The van der Waals surface area contributed by atoms with Gasteiger partial charge in [-0.05, 0) is 12.8 Å². The van der Waals surface area contributed by atoms with Crippen molar-refractivity contribution < 1.29 is 19.8 Å². The molecule has 0 radical (unpaired) electrons. The van der Waals surface area contributed by atoms with E-state index < -0.39 is 11.9 Å². The molecule has 0 saturated carbocycles. The van der Waals surface area contributed by atoms with Crippen molar-refractivity contribution >= 4 is 11.9 Å². The third-order valence-corrected chi connectivity index (χ3v) is 2.14. The van der Waals surface area contributed by atoms with E-state index in [9.17, 15) is 9.59 Å². The monoisotopic (exact) mass is 226 g/mol. The van der Waals surface area contributed by atoms with E-state index in [-0.39, 0.29) is 6.42 Å². The van der Waals surface area contributed by atoms with Crippen LogP contribution < -0.4 is 0 Å². The molecule has 0 rings (SSSR count). The van der Waals surface area contributed by atoms with Crippen LogP contribution in [0.4, 0.5) is 0 Å². The Balaban J connectivity index is 3.14. The maximum absolute atomic E-state index is 10.2. The second-order valence-electron chi connectivity index (χ2n) is 3.62. The Labute approximate surface area is 95.7 Å². The molecule has 0 saturated heterocycles. The second kappa shape index (κ2) is 10.0. The number of rotatable bonds is 8. The van der Waals surface area contributed by atoms with E-state index in [0.29, 0.717) is 6.42 Å². The quantitative estimate of drug-likeness (QED) is 0.492. The zero-order valence-electron chi connectivity index (χ0n) is 9.37. The lowest BCUT2D eigenvalue weighted by atomic mass is 10.1. The van der Waals surface area contributed by atoms with E-state index in [0.717, 1.165) is 38.5 Å². The topological polar surface area (TPSA) is 74.6 Å². The lowest BCUT2D eigenvalue weighted by molar-refractivity contribution is -0.137. The molecule has 4 nitrogen and oxygen atoms in total. The molecule has 16 heavy (non-hydrogen) atoms. The summed E-state index contributed by atoms with van der Waals surface area (Å²) in [4.78, 5) is 20.2. The number of unbranched alkanes of at least 4 members (excludes halogenated alkanes) is 6. The van der Waals surface area contributed by atoms with Gasteiger partial charge in [-0.1, -0.05) is 31.6 Å². The summed E-state index contributed by atoms with van der Waals surface area (Å²) in [6.07, 6.45) is 6.63. The van der Waals surface area contributed by atoms with Gasteiger partial charge in [-0.2, -0.15) is 0 Å². The largest absolute Gasteiger partial charge is 0.481 e. The van der Waals surface area contributed by atoms with Crippen molar-refractivity contribution in [3.8, 4) is 11.8 Å². The molecule has 0 aliphatic rings. The van der Waals surface area contributed by atoms with Crippen molar-refractivity contribution in [3.05, 3.63) is 0 Å². The minimum Gasteiger partial charge on any atom is -0.481 e. The Kier molecular flexibility index (Phi) is 9.09. The van der Waals surface area contributed by atoms with Gasteiger partial charge in [-0.3, -0.25) is 4.79 Å². The molecule has 0 amide bonds. The molecule has 2 N–H and O–H groups in total. The minimum absolute atomic E-state index is 0.254. The fourth-order valence-electron chi connectivity index (χ4n) is 1.33. The minimum atomic E-state index is -1.08. The predicted octanol–water partition coefficient (Wildman–Crippen LogP) is 2.28. The van der Waals surface area contributed by atoms with E-state index in [1.807, 2.05) is 0 Å². The third kappa shape index (κ3) is 12.5. The summed E-state index contributed by atoms with van der Waals surface area (Å²) in [5.74, 6) is 2.84. The Morgan fingerprint density at radius 3 is 2.00 bits per heavy atom. The highest BCUT2D eigenvalue weighted by Gasteiger charge is 1.96. The zero-order chi connectivity index (χ0) is 12.2. The molecule has 0 aliphatic heterocycles. The van der Waals surface area contributed by atoms with Gasteiger partial charge in [0.15, 0.2) is 0 Å². The van der Waals surface area contributed by atoms with E-state index in [4.69, 9.17) is 10.2 Å². The van der Waals surface area contributed by atoms with Gasteiger partial charge in [0.2, 0.25) is 0 Å². The van der Waals surface area contributed by atoms with E-state index in [2.05, 4.69) is 11.8 Å². The Morgan fingerprint density at radius 2 is 1.44 bits per heavy atom. The van der Waals surface area contributed by atoms with Gasteiger partial charge in [-0.15, -0.1) is 0 Å². The normalized spacial score (nSPS) is 9.25. The maximum atomic E-state index is 10.2. The van der Waals surface area contributed by atoms with Gasteiger partial charge < -0.3 is 10.2 Å². The Hall–Kier alpha value is -1.50. The second-order valence-corrected chi connectivity index (χ2v) is 3.62. The van der Waals surface area contributed by atoms with Crippen LogP contribution in [-0.4, -0.2) is 22.2 Å². The van der Waals surface area contributed by atoms with Gasteiger partial charge in [0.05, 0.1) is 0 Å². The summed E-state index contributed by atoms with van der Waals surface area (Å²) in [5.41, 5.74) is 0. The molecule has 0 fully saturated rings. The Morgan fingerprint density at radius 1 is 0.875 bits per heavy atom. The molecule has 4 heteroatoms. The average Bonchev–Trinajstić information content (AvgIpc) is 2.20. The number of carbonyl (C=O) groups is 2. The van der Waals surface area contributed by atoms with Crippen LogP contribution in [0.15, 0.2) is 0 Å². The molecule has 0 aliphatic carbocycles. The van der Waals surface area contributed by atoms with Gasteiger partial charge in [0, 0.05) is 18.8 Å². The van der Waals surface area contributed by atoms with Crippen LogP contribution in [0.25, 0.3) is 0 Å². The van der Waals surface area contributed by atoms with Crippen LogP contribution in [-0.2, 0) is 9.59 Å². The van der Waals surface area contributed by atoms with Crippen LogP contribution in [0.5, 0.6) is 0 Å². The van der Waals surface area contributed by atoms with Crippen LogP contribution in [0, 0.1) is 11.8 Å². The molecular formula is C12H18O4. The molecule has 0 spiro atoms. The van der Waals surface area contributed by atoms with E-state index >= 15 is 0 Å². The van der Waals surface area contributed by atoms with Crippen molar-refractivity contribution in [1.82, 2.24) is 0 Å². The number of hydrogen-bond acceptors (Lipinski definition) is 2.